The molecule has 0 saturated heterocycles. The average molecular weight is 529 g/mol. The first kappa shape index (κ1) is 24.5. The molecule has 0 N–H and O–H groups in total. The first-order valence-corrected chi connectivity index (χ1v) is 14.4. The zero-order valence-corrected chi connectivity index (χ0v) is 23.9. The summed E-state index contributed by atoms with van der Waals surface area (Å²) in [6, 6.07) is 33.6. The molecule has 1 aromatic heterocycles. The van der Waals surface area contributed by atoms with Crippen molar-refractivity contribution in [3.63, 3.8) is 0 Å². The van der Waals surface area contributed by atoms with Crippen molar-refractivity contribution in [2.75, 3.05) is 7.11 Å². The van der Waals surface area contributed by atoms with Crippen LogP contribution in [-0.4, -0.2) is 18.3 Å². The van der Waals surface area contributed by atoms with Crippen LogP contribution in [0, 0.1) is 0 Å². The van der Waals surface area contributed by atoms with Crippen molar-refractivity contribution in [3.8, 4) is 0 Å². The van der Waals surface area contributed by atoms with E-state index in [0.717, 1.165) is 0 Å². The molecule has 3 heteroatoms. The van der Waals surface area contributed by atoms with Gasteiger partial charge in [0, 0.05) is 32.7 Å². The standard InChI is InChI=1S/C36H32O2S/c1-35(2,37-5)36(3,4)38-21-22-14-16-28-31(20-22)26-13-9-8-12-25(26)27-18-19-30-29-17-15-23-10-6-7-11-24(23)33(29)39-34(30)32(27)28/h6-20H,21H2,1-5H3. The van der Waals surface area contributed by atoms with Gasteiger partial charge in [-0.05, 0) is 77.0 Å². The zero-order valence-electron chi connectivity index (χ0n) is 23.1. The maximum atomic E-state index is 6.45. The van der Waals surface area contributed by atoms with E-state index in [-0.39, 0.29) is 0 Å². The monoisotopic (exact) mass is 528 g/mol. The number of ether oxygens (including phenoxy) is 2. The first-order chi connectivity index (χ1) is 18.8. The predicted octanol–water partition coefficient (Wildman–Crippen LogP) is 10.4. The highest BCUT2D eigenvalue weighted by Gasteiger charge is 2.38. The van der Waals surface area contributed by atoms with Gasteiger partial charge < -0.3 is 9.47 Å². The summed E-state index contributed by atoms with van der Waals surface area (Å²) in [6.45, 7) is 8.88. The molecule has 0 fully saturated rings. The molecular weight excluding hydrogens is 496 g/mol. The van der Waals surface area contributed by atoms with E-state index in [1.165, 1.54) is 68.8 Å². The quantitative estimate of drug-likeness (QED) is 0.207. The Labute approximate surface area is 232 Å². The molecule has 0 atom stereocenters. The lowest BCUT2D eigenvalue weighted by Gasteiger charge is -2.40. The van der Waals surface area contributed by atoms with E-state index in [2.05, 4.69) is 119 Å². The van der Waals surface area contributed by atoms with Crippen LogP contribution in [0.2, 0.25) is 0 Å². The number of fused-ring (bicyclic) bond motifs is 12. The molecule has 0 amide bonds. The number of rotatable bonds is 5. The van der Waals surface area contributed by atoms with E-state index in [0.29, 0.717) is 6.61 Å². The molecule has 1 heterocycles. The molecular formula is C36H32O2S. The van der Waals surface area contributed by atoms with Gasteiger partial charge in [-0.15, -0.1) is 11.3 Å². The molecule has 0 spiro atoms. The molecule has 194 valence electrons. The Morgan fingerprint density at radius 3 is 1.92 bits per heavy atom. The van der Waals surface area contributed by atoms with Crippen molar-refractivity contribution in [1.82, 2.24) is 0 Å². The summed E-state index contributed by atoms with van der Waals surface area (Å²) in [7, 11) is 1.75. The second kappa shape index (κ2) is 8.76. The molecule has 7 aromatic rings. The van der Waals surface area contributed by atoms with E-state index in [9.17, 15) is 0 Å². The van der Waals surface area contributed by atoms with Crippen LogP contribution in [0.1, 0.15) is 33.3 Å². The number of benzene rings is 6. The fourth-order valence-electron chi connectivity index (χ4n) is 5.82. The Morgan fingerprint density at radius 2 is 1.15 bits per heavy atom. The highest BCUT2D eigenvalue weighted by Crippen LogP contribution is 2.46. The van der Waals surface area contributed by atoms with Gasteiger partial charge in [0.25, 0.3) is 0 Å². The van der Waals surface area contributed by atoms with Crippen molar-refractivity contribution >= 4 is 74.6 Å². The van der Waals surface area contributed by atoms with E-state index in [1.54, 1.807) is 7.11 Å². The Kier molecular flexibility index (Phi) is 5.51. The molecule has 6 aromatic carbocycles. The molecule has 0 radical (unpaired) electrons. The Morgan fingerprint density at radius 1 is 0.564 bits per heavy atom. The Bertz CT molecular complexity index is 2060. The van der Waals surface area contributed by atoms with E-state index in [4.69, 9.17) is 9.47 Å². The van der Waals surface area contributed by atoms with E-state index in [1.807, 2.05) is 11.3 Å². The molecule has 0 aliphatic rings. The zero-order chi connectivity index (χ0) is 26.9. The molecule has 0 unspecified atom stereocenters. The summed E-state index contributed by atoms with van der Waals surface area (Å²) in [5, 5.41) is 13.1. The fourth-order valence-corrected chi connectivity index (χ4v) is 7.22. The highest BCUT2D eigenvalue weighted by atomic mass is 32.1. The van der Waals surface area contributed by atoms with Crippen LogP contribution < -0.4 is 0 Å². The molecule has 7 rings (SSSR count). The lowest BCUT2D eigenvalue weighted by molar-refractivity contribution is -0.168. The maximum absolute atomic E-state index is 6.45. The summed E-state index contributed by atoms with van der Waals surface area (Å²) in [5.41, 5.74) is 0.333. The topological polar surface area (TPSA) is 18.5 Å². The van der Waals surface area contributed by atoms with Crippen molar-refractivity contribution in [2.45, 2.75) is 45.5 Å². The lowest BCUT2D eigenvalue weighted by atomic mass is 9.89. The number of methoxy groups -OCH3 is 1. The number of thiophene rings is 1. The molecule has 0 aliphatic carbocycles. The van der Waals surface area contributed by atoms with Crippen LogP contribution in [0.5, 0.6) is 0 Å². The van der Waals surface area contributed by atoms with Crippen molar-refractivity contribution in [1.29, 1.82) is 0 Å². The Balaban J connectivity index is 1.49. The first-order valence-electron chi connectivity index (χ1n) is 13.6. The normalized spacial score (nSPS) is 13.1. The van der Waals surface area contributed by atoms with Gasteiger partial charge in [-0.3, -0.25) is 0 Å². The average Bonchev–Trinajstić information content (AvgIpc) is 3.35. The summed E-state index contributed by atoms with van der Waals surface area (Å²) < 4.78 is 14.9. The van der Waals surface area contributed by atoms with Crippen LogP contribution in [0.15, 0.2) is 91.0 Å². The van der Waals surface area contributed by atoms with Crippen LogP contribution in [0.4, 0.5) is 0 Å². The Hall–Kier alpha value is -3.50. The second-order valence-electron chi connectivity index (χ2n) is 11.6. The minimum absolute atomic E-state index is 0.399. The van der Waals surface area contributed by atoms with Crippen LogP contribution >= 0.6 is 11.3 Å². The molecule has 0 bridgehead atoms. The molecule has 0 saturated carbocycles. The van der Waals surface area contributed by atoms with Gasteiger partial charge >= 0.3 is 0 Å². The smallest absolute Gasteiger partial charge is 0.0913 e. The predicted molar refractivity (Wildman–Crippen MR) is 169 cm³/mol. The highest BCUT2D eigenvalue weighted by molar-refractivity contribution is 7.27. The van der Waals surface area contributed by atoms with Gasteiger partial charge in [0.2, 0.25) is 0 Å². The van der Waals surface area contributed by atoms with Crippen LogP contribution in [0.3, 0.4) is 0 Å². The third kappa shape index (κ3) is 3.68. The van der Waals surface area contributed by atoms with Gasteiger partial charge in [-0.1, -0.05) is 84.9 Å². The minimum Gasteiger partial charge on any atom is -0.376 e. The van der Waals surface area contributed by atoms with Crippen LogP contribution in [-0.2, 0) is 16.1 Å². The van der Waals surface area contributed by atoms with Gasteiger partial charge in [0.05, 0.1) is 17.8 Å². The molecule has 2 nitrogen and oxygen atoms in total. The summed E-state index contributed by atoms with van der Waals surface area (Å²) in [6.07, 6.45) is 0. The number of hydrogen-bond acceptors (Lipinski definition) is 3. The van der Waals surface area contributed by atoms with Gasteiger partial charge in [-0.2, -0.15) is 0 Å². The maximum Gasteiger partial charge on any atom is 0.0913 e. The second-order valence-corrected chi connectivity index (χ2v) is 12.6. The van der Waals surface area contributed by atoms with Gasteiger partial charge in [-0.25, -0.2) is 0 Å². The summed E-state index contributed by atoms with van der Waals surface area (Å²) in [5.74, 6) is 0. The van der Waals surface area contributed by atoms with Crippen molar-refractivity contribution in [3.05, 3.63) is 96.6 Å². The van der Waals surface area contributed by atoms with E-state index >= 15 is 0 Å². The van der Waals surface area contributed by atoms with Gasteiger partial charge in [0.15, 0.2) is 0 Å². The van der Waals surface area contributed by atoms with E-state index < -0.39 is 11.2 Å². The molecule has 39 heavy (non-hydrogen) atoms. The van der Waals surface area contributed by atoms with Crippen molar-refractivity contribution < 1.29 is 9.47 Å². The minimum atomic E-state index is -0.436. The molecule has 0 aliphatic heterocycles. The van der Waals surface area contributed by atoms with Crippen molar-refractivity contribution in [2.24, 2.45) is 0 Å². The summed E-state index contributed by atoms with van der Waals surface area (Å²) in [4.78, 5) is 0. The third-order valence-electron chi connectivity index (χ3n) is 8.95. The lowest BCUT2D eigenvalue weighted by Crippen LogP contribution is -2.48. The van der Waals surface area contributed by atoms with Crippen LogP contribution in [0.25, 0.3) is 63.3 Å². The SMILES string of the molecule is COC(C)(C)C(C)(C)OCc1ccc2c(c1)c1ccccc1c1ccc3c4ccc5ccccc5c4sc3c12. The third-order valence-corrected chi connectivity index (χ3v) is 10.2. The van der Waals surface area contributed by atoms with Gasteiger partial charge in [0.1, 0.15) is 0 Å². The number of hydrogen-bond donors (Lipinski definition) is 0. The fraction of sp³-hybridized carbons (Fsp3) is 0.222. The summed E-state index contributed by atoms with van der Waals surface area (Å²) >= 11 is 1.93. The largest absolute Gasteiger partial charge is 0.376 e.